The number of hydrogen-bond acceptors (Lipinski definition) is 8. The minimum absolute atomic E-state index is 0.194. The monoisotopic (exact) mass is 400 g/mol. The smallest absolute Gasteiger partial charge is 0.211 e. The topological polar surface area (TPSA) is 85.6 Å². The van der Waals surface area contributed by atoms with Gasteiger partial charge in [0.2, 0.25) is 17.2 Å². The van der Waals surface area contributed by atoms with Gasteiger partial charge in [-0.25, -0.2) is 0 Å². The molecule has 1 aliphatic rings. The lowest BCUT2D eigenvalue weighted by Crippen LogP contribution is -2.15. The highest BCUT2D eigenvalue weighted by Crippen LogP contribution is 2.50. The molecule has 3 aromatic rings. The van der Waals surface area contributed by atoms with Crippen LogP contribution in [0.1, 0.15) is 0 Å². The molecular weight excluding hydrogens is 380 g/mol. The van der Waals surface area contributed by atoms with Gasteiger partial charge in [0.1, 0.15) is 24.4 Å². The van der Waals surface area contributed by atoms with Crippen LogP contribution in [0.2, 0.25) is 0 Å². The van der Waals surface area contributed by atoms with E-state index in [0.29, 0.717) is 36.0 Å². The van der Waals surface area contributed by atoms with Gasteiger partial charge in [-0.05, 0) is 18.2 Å². The number of methoxy groups -OCH3 is 4. The quantitative estimate of drug-likeness (QED) is 0.645. The van der Waals surface area contributed by atoms with Gasteiger partial charge in [0.15, 0.2) is 28.3 Å². The van der Waals surface area contributed by atoms with Crippen molar-refractivity contribution < 1.29 is 32.8 Å². The molecular formula is C21H20O8. The highest BCUT2D eigenvalue weighted by Gasteiger charge is 2.27. The van der Waals surface area contributed by atoms with E-state index in [9.17, 15) is 4.79 Å². The van der Waals surface area contributed by atoms with Crippen molar-refractivity contribution in [1.29, 1.82) is 0 Å². The van der Waals surface area contributed by atoms with Crippen molar-refractivity contribution in [3.63, 3.8) is 0 Å². The summed E-state index contributed by atoms with van der Waals surface area (Å²) in [4.78, 5) is 13.0. The van der Waals surface area contributed by atoms with E-state index in [4.69, 9.17) is 32.8 Å². The van der Waals surface area contributed by atoms with Crippen LogP contribution < -0.4 is 33.8 Å². The van der Waals surface area contributed by atoms with Crippen molar-refractivity contribution in [2.45, 2.75) is 0 Å². The maximum atomic E-state index is 13.0. The van der Waals surface area contributed by atoms with Gasteiger partial charge in [-0.1, -0.05) is 0 Å². The maximum Gasteiger partial charge on any atom is 0.211 e. The standard InChI is InChI=1S/C21H20O8/c1-23-17-16-12(22)10-14(11-5-6-13-15(9-11)28-8-7-27-13)29-18(16)20(25-3)21(26-4)19(17)24-2/h5-6,9-10H,7-8H2,1-4H3. The average molecular weight is 400 g/mol. The highest BCUT2D eigenvalue weighted by molar-refractivity contribution is 5.95. The number of benzene rings is 2. The molecule has 8 heteroatoms. The molecule has 2 aromatic carbocycles. The summed E-state index contributed by atoms with van der Waals surface area (Å²) < 4.78 is 39.0. The Bertz CT molecular complexity index is 1130. The van der Waals surface area contributed by atoms with E-state index < -0.39 is 0 Å². The van der Waals surface area contributed by atoms with E-state index >= 15 is 0 Å². The SMILES string of the molecule is COc1c(OC)c(OC)c2c(=O)cc(-c3ccc4c(c3)OCCO4)oc2c1OC. The van der Waals surface area contributed by atoms with Gasteiger partial charge < -0.3 is 32.8 Å². The first-order valence-corrected chi connectivity index (χ1v) is 8.86. The first-order chi connectivity index (χ1) is 14.1. The molecule has 1 aliphatic heterocycles. The molecule has 0 saturated heterocycles. The lowest BCUT2D eigenvalue weighted by atomic mass is 10.1. The Hall–Kier alpha value is -3.55. The van der Waals surface area contributed by atoms with Gasteiger partial charge in [0, 0.05) is 11.6 Å². The average Bonchev–Trinajstić information content (AvgIpc) is 2.76. The van der Waals surface area contributed by atoms with Gasteiger partial charge in [0.25, 0.3) is 0 Å². The predicted octanol–water partition coefficient (Wildman–Crippen LogP) is 3.27. The number of ether oxygens (including phenoxy) is 6. The Morgan fingerprint density at radius 3 is 2.03 bits per heavy atom. The molecule has 8 nitrogen and oxygen atoms in total. The molecule has 4 rings (SSSR count). The summed E-state index contributed by atoms with van der Waals surface area (Å²) in [5.41, 5.74) is 0.538. The second-order valence-electron chi connectivity index (χ2n) is 6.17. The van der Waals surface area contributed by atoms with Crippen molar-refractivity contribution in [2.24, 2.45) is 0 Å². The molecule has 0 radical (unpaired) electrons. The molecule has 0 atom stereocenters. The first kappa shape index (κ1) is 18.8. The summed E-state index contributed by atoms with van der Waals surface area (Å²) in [6.45, 7) is 0.955. The first-order valence-electron chi connectivity index (χ1n) is 8.86. The van der Waals surface area contributed by atoms with Crippen LogP contribution in [0.15, 0.2) is 33.5 Å². The van der Waals surface area contributed by atoms with Crippen molar-refractivity contribution in [3.05, 3.63) is 34.5 Å². The summed E-state index contributed by atoms with van der Waals surface area (Å²) in [5, 5.41) is 0.197. The highest BCUT2D eigenvalue weighted by atomic mass is 16.6. The fraction of sp³-hybridized carbons (Fsp3) is 0.286. The van der Waals surface area contributed by atoms with Crippen LogP contribution in [0.5, 0.6) is 34.5 Å². The van der Waals surface area contributed by atoms with E-state index in [2.05, 4.69) is 0 Å². The van der Waals surface area contributed by atoms with Crippen molar-refractivity contribution in [1.82, 2.24) is 0 Å². The van der Waals surface area contributed by atoms with Crippen LogP contribution in [0.3, 0.4) is 0 Å². The molecule has 0 N–H and O–H groups in total. The van der Waals surface area contributed by atoms with E-state index in [1.54, 1.807) is 18.2 Å². The van der Waals surface area contributed by atoms with E-state index in [1.807, 2.05) is 0 Å². The number of rotatable bonds is 5. The minimum atomic E-state index is -0.313. The Kier molecular flexibility index (Phi) is 4.84. The Morgan fingerprint density at radius 2 is 1.38 bits per heavy atom. The molecule has 0 spiro atoms. The van der Waals surface area contributed by atoms with E-state index in [1.165, 1.54) is 34.5 Å². The van der Waals surface area contributed by atoms with Crippen LogP contribution in [0.25, 0.3) is 22.3 Å². The molecule has 0 unspecified atom stereocenters. The largest absolute Gasteiger partial charge is 0.492 e. The molecule has 0 saturated carbocycles. The van der Waals surface area contributed by atoms with Crippen LogP contribution >= 0.6 is 0 Å². The van der Waals surface area contributed by atoms with Crippen molar-refractivity contribution in [3.8, 4) is 45.8 Å². The molecule has 2 heterocycles. The summed E-state index contributed by atoms with van der Waals surface area (Å²) in [6, 6.07) is 6.73. The molecule has 1 aromatic heterocycles. The van der Waals surface area contributed by atoms with Crippen molar-refractivity contribution >= 4 is 11.0 Å². The predicted molar refractivity (Wildman–Crippen MR) is 105 cm³/mol. The van der Waals surface area contributed by atoms with Crippen LogP contribution in [-0.2, 0) is 0 Å². The molecule has 0 aliphatic carbocycles. The zero-order valence-electron chi connectivity index (χ0n) is 16.5. The number of fused-ring (bicyclic) bond motifs is 2. The van der Waals surface area contributed by atoms with Gasteiger partial charge in [0.05, 0.1) is 28.4 Å². The maximum absolute atomic E-state index is 13.0. The van der Waals surface area contributed by atoms with Crippen LogP contribution in [0, 0.1) is 0 Å². The third-order valence-electron chi connectivity index (χ3n) is 4.64. The number of hydrogen-bond donors (Lipinski definition) is 0. The normalized spacial score (nSPS) is 12.6. The summed E-state index contributed by atoms with van der Waals surface area (Å²) >= 11 is 0. The Labute approximate surface area is 166 Å². The lowest BCUT2D eigenvalue weighted by Gasteiger charge is -2.19. The Balaban J connectivity index is 2.01. The fourth-order valence-corrected chi connectivity index (χ4v) is 3.38. The third-order valence-corrected chi connectivity index (χ3v) is 4.64. The van der Waals surface area contributed by atoms with E-state index in [-0.39, 0.29) is 39.4 Å². The van der Waals surface area contributed by atoms with Crippen molar-refractivity contribution in [2.75, 3.05) is 41.7 Å². The summed E-state index contributed by atoms with van der Waals surface area (Å²) in [5.74, 6) is 2.54. The second-order valence-corrected chi connectivity index (χ2v) is 6.17. The van der Waals surface area contributed by atoms with Gasteiger partial charge in [-0.2, -0.15) is 0 Å². The van der Waals surface area contributed by atoms with E-state index in [0.717, 1.165) is 0 Å². The minimum Gasteiger partial charge on any atom is -0.492 e. The van der Waals surface area contributed by atoms with Gasteiger partial charge in [-0.3, -0.25) is 4.79 Å². The molecule has 29 heavy (non-hydrogen) atoms. The van der Waals surface area contributed by atoms with Gasteiger partial charge in [-0.15, -0.1) is 0 Å². The Morgan fingerprint density at radius 1 is 0.759 bits per heavy atom. The molecule has 152 valence electrons. The fourth-order valence-electron chi connectivity index (χ4n) is 3.38. The summed E-state index contributed by atoms with van der Waals surface area (Å²) in [7, 11) is 5.82. The molecule has 0 bridgehead atoms. The van der Waals surface area contributed by atoms with Crippen LogP contribution in [-0.4, -0.2) is 41.7 Å². The second kappa shape index (κ2) is 7.46. The lowest BCUT2D eigenvalue weighted by molar-refractivity contribution is 0.171. The third kappa shape index (κ3) is 2.97. The summed E-state index contributed by atoms with van der Waals surface area (Å²) in [6.07, 6.45) is 0. The molecule has 0 amide bonds. The zero-order chi connectivity index (χ0) is 20.5. The molecule has 0 fully saturated rings. The van der Waals surface area contributed by atoms with Gasteiger partial charge >= 0.3 is 0 Å². The zero-order valence-corrected chi connectivity index (χ0v) is 16.5. The van der Waals surface area contributed by atoms with Crippen LogP contribution in [0.4, 0.5) is 0 Å².